The average molecular weight is 459 g/mol. The minimum atomic E-state index is -0.271. The van der Waals surface area contributed by atoms with E-state index in [-0.39, 0.29) is 22.8 Å². The zero-order valence-electron chi connectivity index (χ0n) is 10.9. The van der Waals surface area contributed by atoms with E-state index in [9.17, 15) is 15.0 Å². The summed E-state index contributed by atoms with van der Waals surface area (Å²) in [6.07, 6.45) is 3.11. The fraction of sp³-hybridized carbons (Fsp3) is 0.0625. The number of ketones is 1. The molecule has 0 atom stereocenters. The molecule has 2 aromatic carbocycles. The third-order valence-corrected chi connectivity index (χ3v) is 4.23. The molecule has 0 bridgehead atoms. The molecule has 108 valence electrons. The summed E-state index contributed by atoms with van der Waals surface area (Å²) in [5.41, 5.74) is 2.07. The summed E-state index contributed by atoms with van der Waals surface area (Å²) < 4.78 is 1.44. The molecule has 5 heteroatoms. The number of alkyl halides is 1. The van der Waals surface area contributed by atoms with Crippen LogP contribution < -0.4 is 0 Å². The van der Waals surface area contributed by atoms with Crippen LogP contribution in [0, 0.1) is 0 Å². The first-order chi connectivity index (χ1) is 10.0. The molecule has 0 unspecified atom stereocenters. The Morgan fingerprint density at radius 2 is 1.95 bits per heavy atom. The molecule has 2 aromatic rings. The van der Waals surface area contributed by atoms with Gasteiger partial charge in [0.2, 0.25) is 0 Å². The van der Waals surface area contributed by atoms with Crippen molar-refractivity contribution in [3.05, 3.63) is 63.6 Å². The summed E-state index contributed by atoms with van der Waals surface area (Å²) in [5.74, 6) is -0.123. The summed E-state index contributed by atoms with van der Waals surface area (Å²) in [6.45, 7) is 0. The molecule has 3 nitrogen and oxygen atoms in total. The number of rotatable bonds is 4. The fourth-order valence-corrected chi connectivity index (χ4v) is 2.85. The van der Waals surface area contributed by atoms with Crippen molar-refractivity contribution in [3.63, 3.8) is 0 Å². The van der Waals surface area contributed by atoms with Crippen molar-refractivity contribution < 1.29 is 15.0 Å². The van der Waals surface area contributed by atoms with Crippen molar-refractivity contribution in [2.24, 2.45) is 0 Å². The Bertz CT molecular complexity index is 711. The Hall–Kier alpha value is -1.34. The third-order valence-electron chi connectivity index (χ3n) is 2.91. The highest BCUT2D eigenvalue weighted by Crippen LogP contribution is 2.24. The van der Waals surface area contributed by atoms with Crippen LogP contribution in [-0.2, 0) is 4.43 Å². The molecule has 0 aromatic heterocycles. The smallest absolute Gasteiger partial charge is 0.189 e. The number of aromatic hydroxyl groups is 2. The first kappa shape index (κ1) is 16.0. The number of halogens is 2. The second kappa shape index (κ2) is 7.09. The number of phenols is 2. The predicted octanol–water partition coefficient (Wildman–Crippen LogP) is 4.69. The summed E-state index contributed by atoms with van der Waals surface area (Å²) in [5, 5.41) is 19.2. The van der Waals surface area contributed by atoms with Gasteiger partial charge in [-0.3, -0.25) is 4.79 Å². The highest BCUT2D eigenvalue weighted by atomic mass is 127. The van der Waals surface area contributed by atoms with Crippen LogP contribution in [0.2, 0.25) is 0 Å². The van der Waals surface area contributed by atoms with E-state index in [2.05, 4.69) is 38.5 Å². The van der Waals surface area contributed by atoms with Crippen LogP contribution in [0.5, 0.6) is 11.5 Å². The standard InChI is InChI=1S/C16H12BrIO3/c17-12-3-5-14(16(21)8-12)15(20)6-2-10-1-4-13(19)7-11(10)9-18/h1-8,19,21H,9H2/b6-2+. The summed E-state index contributed by atoms with van der Waals surface area (Å²) >= 11 is 5.43. The van der Waals surface area contributed by atoms with Crippen molar-refractivity contribution in [1.29, 1.82) is 0 Å². The van der Waals surface area contributed by atoms with Gasteiger partial charge in [0.15, 0.2) is 5.78 Å². The summed E-state index contributed by atoms with van der Waals surface area (Å²) in [6, 6.07) is 9.77. The number of hydrogen-bond donors (Lipinski definition) is 2. The third kappa shape index (κ3) is 4.07. The lowest BCUT2D eigenvalue weighted by atomic mass is 10.1. The average Bonchev–Trinajstić information content (AvgIpc) is 2.45. The molecular formula is C16H12BrIO3. The van der Waals surface area contributed by atoms with Gasteiger partial charge in [-0.05, 0) is 47.5 Å². The van der Waals surface area contributed by atoms with Crippen LogP contribution in [-0.4, -0.2) is 16.0 Å². The summed E-state index contributed by atoms with van der Waals surface area (Å²) in [7, 11) is 0. The van der Waals surface area contributed by atoms with Crippen LogP contribution in [0.4, 0.5) is 0 Å². The molecule has 0 radical (unpaired) electrons. The molecule has 0 aliphatic heterocycles. The van der Waals surface area contributed by atoms with Gasteiger partial charge in [0.1, 0.15) is 11.5 Å². The lowest BCUT2D eigenvalue weighted by Crippen LogP contribution is -1.95. The SMILES string of the molecule is O=C(/C=C/c1ccc(O)cc1CI)c1ccc(Br)cc1O. The quantitative estimate of drug-likeness (QED) is 0.302. The van der Waals surface area contributed by atoms with Gasteiger partial charge < -0.3 is 10.2 Å². The Morgan fingerprint density at radius 3 is 2.62 bits per heavy atom. The zero-order valence-corrected chi connectivity index (χ0v) is 14.6. The van der Waals surface area contributed by atoms with Gasteiger partial charge in [-0.1, -0.05) is 50.7 Å². The first-order valence-electron chi connectivity index (χ1n) is 6.10. The van der Waals surface area contributed by atoms with E-state index < -0.39 is 0 Å². The maximum atomic E-state index is 12.1. The minimum Gasteiger partial charge on any atom is -0.508 e. The maximum Gasteiger partial charge on any atom is 0.189 e. The van der Waals surface area contributed by atoms with E-state index in [0.717, 1.165) is 15.6 Å². The largest absolute Gasteiger partial charge is 0.508 e. The van der Waals surface area contributed by atoms with Gasteiger partial charge in [-0.2, -0.15) is 0 Å². The topological polar surface area (TPSA) is 57.5 Å². The van der Waals surface area contributed by atoms with E-state index in [4.69, 9.17) is 0 Å². The molecule has 0 heterocycles. The molecule has 2 rings (SSSR count). The highest BCUT2D eigenvalue weighted by molar-refractivity contribution is 14.1. The van der Waals surface area contributed by atoms with Gasteiger partial charge in [0.25, 0.3) is 0 Å². The Labute approximate surface area is 144 Å². The van der Waals surface area contributed by atoms with Crippen molar-refractivity contribution in [1.82, 2.24) is 0 Å². The van der Waals surface area contributed by atoms with E-state index in [1.54, 1.807) is 36.4 Å². The van der Waals surface area contributed by atoms with Crippen LogP contribution >= 0.6 is 38.5 Å². The first-order valence-corrected chi connectivity index (χ1v) is 8.42. The van der Waals surface area contributed by atoms with E-state index in [1.807, 2.05) is 0 Å². The minimum absolute atomic E-state index is 0.0566. The number of benzene rings is 2. The molecule has 0 aliphatic carbocycles. The molecular weight excluding hydrogens is 447 g/mol. The molecule has 0 saturated carbocycles. The Balaban J connectivity index is 2.27. The maximum absolute atomic E-state index is 12.1. The molecule has 0 fully saturated rings. The van der Waals surface area contributed by atoms with Crippen LogP contribution in [0.3, 0.4) is 0 Å². The van der Waals surface area contributed by atoms with Gasteiger partial charge in [0.05, 0.1) is 5.56 Å². The van der Waals surface area contributed by atoms with Gasteiger partial charge in [-0.15, -0.1) is 0 Å². The fourth-order valence-electron chi connectivity index (χ4n) is 1.84. The monoisotopic (exact) mass is 458 g/mol. The summed E-state index contributed by atoms with van der Waals surface area (Å²) in [4.78, 5) is 12.1. The van der Waals surface area contributed by atoms with Crippen molar-refractivity contribution >= 4 is 50.4 Å². The molecule has 2 N–H and O–H groups in total. The van der Waals surface area contributed by atoms with Gasteiger partial charge in [0, 0.05) is 8.90 Å². The molecule has 0 amide bonds. The second-order valence-electron chi connectivity index (χ2n) is 4.38. The lowest BCUT2D eigenvalue weighted by Gasteiger charge is -2.04. The van der Waals surface area contributed by atoms with Crippen LogP contribution in [0.15, 0.2) is 46.9 Å². The van der Waals surface area contributed by atoms with Crippen LogP contribution in [0.25, 0.3) is 6.08 Å². The van der Waals surface area contributed by atoms with Gasteiger partial charge in [-0.25, -0.2) is 0 Å². The molecule has 0 aliphatic rings. The van der Waals surface area contributed by atoms with E-state index in [0.29, 0.717) is 4.47 Å². The Kier molecular flexibility index (Phi) is 5.41. The number of carbonyl (C=O) groups is 1. The van der Waals surface area contributed by atoms with Crippen molar-refractivity contribution in [3.8, 4) is 11.5 Å². The second-order valence-corrected chi connectivity index (χ2v) is 6.05. The number of carbonyl (C=O) groups excluding carboxylic acids is 1. The highest BCUT2D eigenvalue weighted by Gasteiger charge is 2.08. The Morgan fingerprint density at radius 1 is 1.19 bits per heavy atom. The predicted molar refractivity (Wildman–Crippen MR) is 95.0 cm³/mol. The van der Waals surface area contributed by atoms with Gasteiger partial charge >= 0.3 is 0 Å². The number of phenolic OH excluding ortho intramolecular Hbond substituents is 2. The zero-order chi connectivity index (χ0) is 15.4. The molecule has 0 saturated heterocycles. The molecule has 21 heavy (non-hydrogen) atoms. The van der Waals surface area contributed by atoms with E-state index in [1.165, 1.54) is 12.1 Å². The van der Waals surface area contributed by atoms with E-state index >= 15 is 0 Å². The normalized spacial score (nSPS) is 11.0. The molecule has 0 spiro atoms. The van der Waals surface area contributed by atoms with Crippen LogP contribution in [0.1, 0.15) is 21.5 Å². The lowest BCUT2D eigenvalue weighted by molar-refractivity contribution is 0.104. The number of hydrogen-bond acceptors (Lipinski definition) is 3. The van der Waals surface area contributed by atoms with Crippen molar-refractivity contribution in [2.45, 2.75) is 4.43 Å². The van der Waals surface area contributed by atoms with Crippen molar-refractivity contribution in [2.75, 3.05) is 0 Å². The number of allylic oxidation sites excluding steroid dienone is 1.